The number of H-pyrrole nitrogens is 1. The third-order valence-corrected chi connectivity index (χ3v) is 7.39. The third kappa shape index (κ3) is 7.87. The Morgan fingerprint density at radius 2 is 2.00 bits per heavy atom. The van der Waals surface area contributed by atoms with E-state index in [4.69, 9.17) is 14.5 Å². The van der Waals surface area contributed by atoms with Gasteiger partial charge in [-0.15, -0.1) is 0 Å². The minimum absolute atomic E-state index is 0.0912. The van der Waals surface area contributed by atoms with Crippen LogP contribution in [0.25, 0.3) is 0 Å². The zero-order valence-electron chi connectivity index (χ0n) is 23.7. The van der Waals surface area contributed by atoms with Gasteiger partial charge in [0.15, 0.2) is 0 Å². The van der Waals surface area contributed by atoms with Gasteiger partial charge in [0.05, 0.1) is 54.3 Å². The Bertz CT molecular complexity index is 1280. The number of carbonyl (C=O) groups excluding carboxylic acids is 1. The molecule has 224 valence electrons. The molecule has 2 aliphatic heterocycles. The molecule has 0 radical (unpaired) electrons. The summed E-state index contributed by atoms with van der Waals surface area (Å²) in [6.07, 6.45) is 0.868. The molecule has 12 heteroatoms. The fourth-order valence-electron chi connectivity index (χ4n) is 5.39. The van der Waals surface area contributed by atoms with Gasteiger partial charge in [-0.2, -0.15) is 13.2 Å². The number of hydrogen-bond acceptors (Lipinski definition) is 7. The molecule has 2 aromatic rings. The highest BCUT2D eigenvalue weighted by Crippen LogP contribution is 2.33. The largest absolute Gasteiger partial charge is 0.447 e. The Kier molecular flexibility index (Phi) is 9.72. The van der Waals surface area contributed by atoms with Gasteiger partial charge in [0.2, 0.25) is 5.95 Å². The minimum atomic E-state index is -4.44. The van der Waals surface area contributed by atoms with Crippen LogP contribution < -0.4 is 10.9 Å². The van der Waals surface area contributed by atoms with Gasteiger partial charge < -0.3 is 19.7 Å². The second-order valence-electron chi connectivity index (χ2n) is 11.0. The molecule has 2 N–H and O–H groups in total. The molecule has 0 bridgehead atoms. The lowest BCUT2D eigenvalue weighted by molar-refractivity contribution is -0.137. The molecule has 1 aromatic heterocycles. The zero-order valence-corrected chi connectivity index (χ0v) is 23.7. The van der Waals surface area contributed by atoms with E-state index in [0.29, 0.717) is 49.4 Å². The van der Waals surface area contributed by atoms with Gasteiger partial charge in [-0.3, -0.25) is 14.8 Å². The van der Waals surface area contributed by atoms with Crippen molar-refractivity contribution in [2.75, 3.05) is 25.1 Å². The highest BCUT2D eigenvalue weighted by atomic mass is 19.4. The van der Waals surface area contributed by atoms with Gasteiger partial charge in [0.25, 0.3) is 5.56 Å². The number of nitrogens with zero attached hydrogens (tertiary/aromatic N) is 3. The molecule has 3 heterocycles. The van der Waals surface area contributed by atoms with Crippen molar-refractivity contribution in [3.63, 3.8) is 0 Å². The standard InChI is InChI=1S/C29H38F3N5O4/c1-4-12-28(18-40-16-14-33-28)13-5-6-23(20-7-9-21(10-8-20)29(30,31)32)34-26-35-24-11-15-37(27(39)41-19(2)3)17-22(24)25(38)36-26/h7-10,14,19,23H,4-6,11-13,15-18H2,1-3H3,(H2,34,35,36,38). The highest BCUT2D eigenvalue weighted by Gasteiger charge is 2.32. The van der Waals surface area contributed by atoms with Gasteiger partial charge >= 0.3 is 12.3 Å². The van der Waals surface area contributed by atoms with Crippen molar-refractivity contribution >= 4 is 18.3 Å². The lowest BCUT2D eigenvalue weighted by atomic mass is 9.87. The van der Waals surface area contributed by atoms with E-state index in [1.807, 2.05) is 0 Å². The normalized spacial score (nSPS) is 19.6. The van der Waals surface area contributed by atoms with Gasteiger partial charge in [-0.25, -0.2) is 9.78 Å². The van der Waals surface area contributed by atoms with Crippen LogP contribution in [0.5, 0.6) is 0 Å². The van der Waals surface area contributed by atoms with E-state index in [1.165, 1.54) is 17.0 Å². The first-order chi connectivity index (χ1) is 19.5. The number of amides is 1. The number of ether oxygens (including phenoxy) is 2. The quantitative estimate of drug-likeness (QED) is 0.378. The fourth-order valence-corrected chi connectivity index (χ4v) is 5.39. The number of hydrogen-bond donors (Lipinski definition) is 2. The number of aliphatic imine (C=N–C) groups is 1. The molecular formula is C29H38F3N5O4. The van der Waals surface area contributed by atoms with Crippen LogP contribution in [0.2, 0.25) is 0 Å². The van der Waals surface area contributed by atoms with Crippen molar-refractivity contribution in [2.24, 2.45) is 4.99 Å². The smallest absolute Gasteiger partial charge is 0.416 e. The highest BCUT2D eigenvalue weighted by molar-refractivity contribution is 5.68. The number of nitrogens with one attached hydrogen (secondary N) is 2. The molecule has 4 rings (SSSR count). The molecule has 0 saturated carbocycles. The summed E-state index contributed by atoms with van der Waals surface area (Å²) < 4.78 is 50.6. The molecule has 2 unspecified atom stereocenters. The van der Waals surface area contributed by atoms with Crippen molar-refractivity contribution in [2.45, 2.75) is 89.7 Å². The summed E-state index contributed by atoms with van der Waals surface area (Å²) in [5, 5.41) is 3.26. The van der Waals surface area contributed by atoms with Gasteiger partial charge in [-0.05, 0) is 57.2 Å². The Balaban J connectivity index is 1.54. The Morgan fingerprint density at radius 3 is 2.63 bits per heavy atom. The van der Waals surface area contributed by atoms with Crippen LogP contribution in [0.4, 0.5) is 23.9 Å². The molecule has 41 heavy (non-hydrogen) atoms. The first-order valence-electron chi connectivity index (χ1n) is 14.1. The van der Waals surface area contributed by atoms with Crippen LogP contribution in [0.15, 0.2) is 34.1 Å². The van der Waals surface area contributed by atoms with Crippen LogP contribution in [-0.2, 0) is 28.6 Å². The van der Waals surface area contributed by atoms with E-state index in [-0.39, 0.29) is 29.7 Å². The number of carbonyl (C=O) groups is 1. The molecule has 1 aromatic carbocycles. The molecule has 0 saturated heterocycles. The average molecular weight is 578 g/mol. The number of benzene rings is 1. The topological polar surface area (TPSA) is 109 Å². The number of anilines is 1. The Morgan fingerprint density at radius 1 is 1.24 bits per heavy atom. The second kappa shape index (κ2) is 13.1. The van der Waals surface area contributed by atoms with Crippen molar-refractivity contribution in [3.8, 4) is 0 Å². The summed E-state index contributed by atoms with van der Waals surface area (Å²) in [5.41, 5.74) is 0.210. The number of aromatic nitrogens is 2. The second-order valence-corrected chi connectivity index (χ2v) is 11.0. The molecule has 1 amide bonds. The van der Waals surface area contributed by atoms with E-state index in [2.05, 4.69) is 22.2 Å². The van der Waals surface area contributed by atoms with Crippen LogP contribution in [0, 0.1) is 0 Å². The van der Waals surface area contributed by atoms with Crippen molar-refractivity contribution < 1.29 is 27.4 Å². The SMILES string of the molecule is CCCC1(CCCC(Nc2nc3c(c(=O)[nH]2)CN(C(=O)OC(C)C)CC3)c2ccc(C(F)(F)F)cc2)COCC=N1. The molecule has 2 atom stereocenters. The Hall–Kier alpha value is -3.41. The number of fused-ring (bicyclic) bond motifs is 1. The lowest BCUT2D eigenvalue weighted by Gasteiger charge is -2.32. The van der Waals surface area contributed by atoms with Crippen LogP contribution in [0.1, 0.15) is 81.3 Å². The summed E-state index contributed by atoms with van der Waals surface area (Å²) in [6.45, 7) is 7.10. The van der Waals surface area contributed by atoms with E-state index in [9.17, 15) is 22.8 Å². The number of rotatable bonds is 10. The summed E-state index contributed by atoms with van der Waals surface area (Å²) in [4.78, 5) is 38.9. The van der Waals surface area contributed by atoms with Crippen molar-refractivity contribution in [3.05, 3.63) is 57.0 Å². The van der Waals surface area contributed by atoms with Crippen LogP contribution >= 0.6 is 0 Å². The average Bonchev–Trinajstić information content (AvgIpc) is 2.92. The van der Waals surface area contributed by atoms with E-state index in [1.54, 1.807) is 20.1 Å². The van der Waals surface area contributed by atoms with Crippen LogP contribution in [0.3, 0.4) is 0 Å². The number of halogens is 3. The van der Waals surface area contributed by atoms with Gasteiger partial charge in [-0.1, -0.05) is 25.5 Å². The maximum Gasteiger partial charge on any atom is 0.416 e. The zero-order chi connectivity index (χ0) is 29.6. The van der Waals surface area contributed by atoms with E-state index < -0.39 is 23.9 Å². The minimum Gasteiger partial charge on any atom is -0.447 e. The summed E-state index contributed by atoms with van der Waals surface area (Å²) in [5.74, 6) is 0.235. The lowest BCUT2D eigenvalue weighted by Crippen LogP contribution is -2.40. The van der Waals surface area contributed by atoms with E-state index >= 15 is 0 Å². The predicted molar refractivity (Wildman–Crippen MR) is 149 cm³/mol. The van der Waals surface area contributed by atoms with Gasteiger partial charge in [0.1, 0.15) is 0 Å². The maximum absolute atomic E-state index is 13.2. The maximum atomic E-state index is 13.2. The summed E-state index contributed by atoms with van der Waals surface area (Å²) >= 11 is 0. The van der Waals surface area contributed by atoms with Crippen molar-refractivity contribution in [1.82, 2.24) is 14.9 Å². The molecule has 2 aliphatic rings. The molecule has 0 fully saturated rings. The monoisotopic (exact) mass is 577 g/mol. The molecular weight excluding hydrogens is 539 g/mol. The first kappa shape index (κ1) is 30.5. The molecule has 9 nitrogen and oxygen atoms in total. The molecule has 0 aliphatic carbocycles. The summed E-state index contributed by atoms with van der Waals surface area (Å²) in [7, 11) is 0. The van der Waals surface area contributed by atoms with Gasteiger partial charge in [0, 0.05) is 19.2 Å². The Labute approximate surface area is 237 Å². The summed E-state index contributed by atoms with van der Waals surface area (Å²) in [6, 6.07) is 4.63. The fraction of sp³-hybridized carbons (Fsp3) is 0.586. The predicted octanol–water partition coefficient (Wildman–Crippen LogP) is 5.66. The molecule has 0 spiro atoms. The third-order valence-electron chi connectivity index (χ3n) is 7.39. The number of aromatic amines is 1. The van der Waals surface area contributed by atoms with E-state index in [0.717, 1.165) is 37.8 Å². The number of alkyl halides is 3. The van der Waals surface area contributed by atoms with Crippen molar-refractivity contribution in [1.29, 1.82) is 0 Å². The van der Waals surface area contributed by atoms with Crippen LogP contribution in [-0.4, -0.2) is 58.6 Å². The first-order valence-corrected chi connectivity index (χ1v) is 14.1.